The molecule has 0 radical (unpaired) electrons. The average molecular weight is 202 g/mol. The Balaban J connectivity index is 2.59. The van der Waals surface area contributed by atoms with Crippen molar-refractivity contribution >= 4 is 11.8 Å². The zero-order chi connectivity index (χ0) is 10.9. The quantitative estimate of drug-likeness (QED) is 0.688. The zero-order valence-corrected chi connectivity index (χ0v) is 8.42. The topological polar surface area (TPSA) is 63.4 Å². The molecule has 1 aliphatic rings. The number of hydrogen-bond acceptors (Lipinski definition) is 2. The first kappa shape index (κ1) is 10.9. The molecule has 80 valence electrons. The number of halogens is 1. The molecular formula is C9H15FN2O2. The van der Waals surface area contributed by atoms with E-state index in [0.717, 1.165) is 0 Å². The summed E-state index contributed by atoms with van der Waals surface area (Å²) in [5, 5.41) is 0. The lowest BCUT2D eigenvalue weighted by molar-refractivity contribution is -0.140. The molecule has 5 heteroatoms. The van der Waals surface area contributed by atoms with Gasteiger partial charge in [0.05, 0.1) is 5.92 Å². The molecule has 2 N–H and O–H groups in total. The van der Waals surface area contributed by atoms with Gasteiger partial charge in [-0.15, -0.1) is 0 Å². The molecule has 0 saturated carbocycles. The third kappa shape index (κ3) is 2.21. The van der Waals surface area contributed by atoms with Gasteiger partial charge in [-0.3, -0.25) is 9.59 Å². The summed E-state index contributed by atoms with van der Waals surface area (Å²) in [6, 6.07) is 0. The summed E-state index contributed by atoms with van der Waals surface area (Å²) in [4.78, 5) is 23.6. The summed E-state index contributed by atoms with van der Waals surface area (Å²) in [6.07, 6.45) is 0.539. The van der Waals surface area contributed by atoms with Gasteiger partial charge in [0.2, 0.25) is 5.91 Å². The second-order valence-electron chi connectivity index (χ2n) is 4.11. The highest BCUT2D eigenvalue weighted by Crippen LogP contribution is 2.21. The second kappa shape index (κ2) is 3.55. The van der Waals surface area contributed by atoms with Crippen LogP contribution >= 0.6 is 0 Å². The van der Waals surface area contributed by atoms with Crippen LogP contribution in [0.5, 0.6) is 0 Å². The maximum atomic E-state index is 13.3. The van der Waals surface area contributed by atoms with Crippen molar-refractivity contribution in [2.45, 2.75) is 25.9 Å². The molecule has 1 aliphatic heterocycles. The van der Waals surface area contributed by atoms with E-state index in [1.165, 1.54) is 18.7 Å². The Labute approximate surface area is 82.2 Å². The Kier molecular flexibility index (Phi) is 2.78. The Morgan fingerprint density at radius 3 is 2.43 bits per heavy atom. The molecule has 1 unspecified atom stereocenters. The van der Waals surface area contributed by atoms with E-state index >= 15 is 0 Å². The summed E-state index contributed by atoms with van der Waals surface area (Å²) >= 11 is 0. The SMILES string of the molecule is CC(C)(F)C(=O)N1CCC(C(N)=O)C1. The molecule has 1 fully saturated rings. The fraction of sp³-hybridized carbons (Fsp3) is 0.778. The first-order valence-electron chi connectivity index (χ1n) is 4.60. The average Bonchev–Trinajstić information content (AvgIpc) is 2.48. The summed E-state index contributed by atoms with van der Waals surface area (Å²) in [5.74, 6) is -1.31. The second-order valence-corrected chi connectivity index (χ2v) is 4.11. The van der Waals surface area contributed by atoms with Crippen LogP contribution in [0.1, 0.15) is 20.3 Å². The van der Waals surface area contributed by atoms with Gasteiger partial charge in [-0.2, -0.15) is 0 Å². The smallest absolute Gasteiger partial charge is 0.259 e. The minimum atomic E-state index is -1.87. The molecule has 4 nitrogen and oxygen atoms in total. The number of alkyl halides is 1. The van der Waals surface area contributed by atoms with Crippen LogP contribution in [0.15, 0.2) is 0 Å². The van der Waals surface area contributed by atoms with Crippen molar-refractivity contribution < 1.29 is 14.0 Å². The van der Waals surface area contributed by atoms with Crippen LogP contribution < -0.4 is 5.73 Å². The predicted molar refractivity (Wildman–Crippen MR) is 49.1 cm³/mol. The van der Waals surface area contributed by atoms with Gasteiger partial charge in [-0.05, 0) is 20.3 Å². The normalized spacial score (nSPS) is 22.5. The fourth-order valence-electron chi connectivity index (χ4n) is 1.55. The van der Waals surface area contributed by atoms with Crippen molar-refractivity contribution in [2.75, 3.05) is 13.1 Å². The molecule has 1 saturated heterocycles. The van der Waals surface area contributed by atoms with Crippen LogP contribution in [0.2, 0.25) is 0 Å². The van der Waals surface area contributed by atoms with E-state index in [0.29, 0.717) is 13.0 Å². The van der Waals surface area contributed by atoms with Gasteiger partial charge in [-0.1, -0.05) is 0 Å². The zero-order valence-electron chi connectivity index (χ0n) is 8.42. The molecule has 0 bridgehead atoms. The van der Waals surface area contributed by atoms with Gasteiger partial charge < -0.3 is 10.6 Å². The van der Waals surface area contributed by atoms with E-state index < -0.39 is 17.5 Å². The van der Waals surface area contributed by atoms with E-state index in [4.69, 9.17) is 5.73 Å². The minimum Gasteiger partial charge on any atom is -0.369 e. The van der Waals surface area contributed by atoms with E-state index in [2.05, 4.69) is 0 Å². The molecule has 0 aromatic rings. The number of carbonyl (C=O) groups is 2. The highest BCUT2D eigenvalue weighted by atomic mass is 19.1. The van der Waals surface area contributed by atoms with Crippen LogP contribution in [0, 0.1) is 5.92 Å². The number of carbonyl (C=O) groups excluding carboxylic acids is 2. The summed E-state index contributed by atoms with van der Waals surface area (Å²) < 4.78 is 13.3. The highest BCUT2D eigenvalue weighted by Gasteiger charge is 2.37. The van der Waals surface area contributed by atoms with E-state index in [1.807, 2.05) is 0 Å². The molecule has 1 atom stereocenters. The molecule has 0 spiro atoms. The number of amides is 2. The molecule has 1 rings (SSSR count). The Bertz CT molecular complexity index is 260. The van der Waals surface area contributed by atoms with Crippen molar-refractivity contribution in [3.05, 3.63) is 0 Å². The Morgan fingerprint density at radius 1 is 1.50 bits per heavy atom. The Hall–Kier alpha value is -1.13. The molecule has 0 aromatic heterocycles. The van der Waals surface area contributed by atoms with Crippen LogP contribution in [0.4, 0.5) is 4.39 Å². The fourth-order valence-corrected chi connectivity index (χ4v) is 1.55. The molecule has 14 heavy (non-hydrogen) atoms. The van der Waals surface area contributed by atoms with Crippen LogP contribution in [0.3, 0.4) is 0 Å². The summed E-state index contributed by atoms with van der Waals surface area (Å²) in [6.45, 7) is 3.10. The number of nitrogens with two attached hydrogens (primary N) is 1. The summed E-state index contributed by atoms with van der Waals surface area (Å²) in [5.41, 5.74) is 3.23. The minimum absolute atomic E-state index is 0.252. The van der Waals surface area contributed by atoms with Gasteiger partial charge in [0.25, 0.3) is 5.91 Å². The number of hydrogen-bond donors (Lipinski definition) is 1. The Morgan fingerprint density at radius 2 is 2.07 bits per heavy atom. The van der Waals surface area contributed by atoms with Crippen molar-refractivity contribution in [1.29, 1.82) is 0 Å². The maximum Gasteiger partial charge on any atom is 0.259 e. The summed E-state index contributed by atoms with van der Waals surface area (Å²) in [7, 11) is 0. The van der Waals surface area contributed by atoms with Crippen molar-refractivity contribution in [2.24, 2.45) is 11.7 Å². The van der Waals surface area contributed by atoms with Crippen molar-refractivity contribution in [3.63, 3.8) is 0 Å². The van der Waals surface area contributed by atoms with Gasteiger partial charge in [0.1, 0.15) is 0 Å². The van der Waals surface area contributed by atoms with Crippen molar-refractivity contribution in [1.82, 2.24) is 4.90 Å². The van der Waals surface area contributed by atoms with E-state index in [-0.39, 0.29) is 12.5 Å². The van der Waals surface area contributed by atoms with Crippen LogP contribution in [-0.2, 0) is 9.59 Å². The lowest BCUT2D eigenvalue weighted by atomic mass is 10.1. The lowest BCUT2D eigenvalue weighted by Gasteiger charge is -2.22. The first-order valence-corrected chi connectivity index (χ1v) is 4.60. The van der Waals surface area contributed by atoms with Gasteiger partial charge in [0.15, 0.2) is 5.67 Å². The molecule has 1 heterocycles. The first-order chi connectivity index (χ1) is 6.32. The molecule has 2 amide bonds. The largest absolute Gasteiger partial charge is 0.369 e. The monoisotopic (exact) mass is 202 g/mol. The third-order valence-corrected chi connectivity index (χ3v) is 2.39. The number of primary amides is 1. The highest BCUT2D eigenvalue weighted by molar-refractivity contribution is 5.86. The van der Waals surface area contributed by atoms with E-state index in [9.17, 15) is 14.0 Å². The van der Waals surface area contributed by atoms with Crippen LogP contribution in [0.25, 0.3) is 0 Å². The molecular weight excluding hydrogens is 187 g/mol. The molecule has 0 aliphatic carbocycles. The maximum absolute atomic E-state index is 13.3. The number of rotatable bonds is 2. The van der Waals surface area contributed by atoms with Gasteiger partial charge >= 0.3 is 0 Å². The van der Waals surface area contributed by atoms with Crippen molar-refractivity contribution in [3.8, 4) is 0 Å². The van der Waals surface area contributed by atoms with Crippen LogP contribution in [-0.4, -0.2) is 35.5 Å². The predicted octanol–water partition coefficient (Wildman–Crippen LogP) is 0.0683. The van der Waals surface area contributed by atoms with E-state index in [1.54, 1.807) is 0 Å². The number of nitrogens with zero attached hydrogens (tertiary/aromatic N) is 1. The third-order valence-electron chi connectivity index (χ3n) is 2.39. The number of likely N-dealkylation sites (tertiary alicyclic amines) is 1. The van der Waals surface area contributed by atoms with Gasteiger partial charge in [-0.25, -0.2) is 4.39 Å². The standard InChI is InChI=1S/C9H15FN2O2/c1-9(2,10)8(14)12-4-3-6(5-12)7(11)13/h6H,3-5H2,1-2H3,(H2,11,13). The lowest BCUT2D eigenvalue weighted by Crippen LogP contribution is -2.41. The van der Waals surface area contributed by atoms with Gasteiger partial charge in [0, 0.05) is 13.1 Å². The molecule has 0 aromatic carbocycles.